The largest absolute Gasteiger partial charge is 0.486 e. The molecule has 2 aromatic rings. The van der Waals surface area contributed by atoms with E-state index in [-0.39, 0.29) is 22.7 Å². The van der Waals surface area contributed by atoms with Gasteiger partial charge in [-0.15, -0.1) is 0 Å². The highest BCUT2D eigenvalue weighted by atomic mass is 16.6. The molecule has 2 N–H and O–H groups in total. The average molecular weight is 461 g/mol. The van der Waals surface area contributed by atoms with Gasteiger partial charge in [0, 0.05) is 6.07 Å². The fraction of sp³-hybridized carbons (Fsp3) is 0.240. The number of allylic oxidation sites excluding steroid dienone is 1. The molecule has 0 bridgehead atoms. The standard InChI is InChI=1S/C25H23N3O6/c1-14-11-18-19(34-10-9-33-18)12-17(14)28-22(25(30)32-3)21(24(29)31-2)20(16(13-26)23(28)27)15-7-5-4-6-8-15/h4-8,11-12,20H,9-10,27H2,1-3H3. The molecular formula is C25H23N3O6. The van der Waals surface area contributed by atoms with E-state index in [1.807, 2.05) is 0 Å². The van der Waals surface area contributed by atoms with Crippen LogP contribution in [0.1, 0.15) is 17.0 Å². The maximum absolute atomic E-state index is 13.2. The molecule has 2 aromatic carbocycles. The first-order valence-corrected chi connectivity index (χ1v) is 10.5. The van der Waals surface area contributed by atoms with Crippen LogP contribution < -0.4 is 20.1 Å². The maximum atomic E-state index is 13.2. The summed E-state index contributed by atoms with van der Waals surface area (Å²) in [5.41, 5.74) is 8.15. The third-order valence-corrected chi connectivity index (χ3v) is 5.71. The molecule has 174 valence electrons. The number of carbonyl (C=O) groups excluding carboxylic acids is 2. The number of anilines is 1. The Morgan fingerprint density at radius 3 is 2.26 bits per heavy atom. The van der Waals surface area contributed by atoms with Crippen LogP contribution in [-0.4, -0.2) is 39.4 Å². The van der Waals surface area contributed by atoms with Gasteiger partial charge in [0.1, 0.15) is 24.7 Å². The first-order chi connectivity index (χ1) is 16.4. The highest BCUT2D eigenvalue weighted by molar-refractivity contribution is 6.06. The lowest BCUT2D eigenvalue weighted by Crippen LogP contribution is -2.41. The molecule has 0 aromatic heterocycles. The molecule has 0 spiro atoms. The summed E-state index contributed by atoms with van der Waals surface area (Å²) in [5.74, 6) is -1.53. The van der Waals surface area contributed by atoms with Crippen molar-refractivity contribution in [2.24, 2.45) is 5.73 Å². The van der Waals surface area contributed by atoms with Gasteiger partial charge >= 0.3 is 11.9 Å². The van der Waals surface area contributed by atoms with Crippen molar-refractivity contribution in [1.82, 2.24) is 0 Å². The zero-order valence-electron chi connectivity index (χ0n) is 19.0. The van der Waals surface area contributed by atoms with E-state index < -0.39 is 17.9 Å². The number of hydrogen-bond acceptors (Lipinski definition) is 9. The smallest absolute Gasteiger partial charge is 0.355 e. The topological polar surface area (TPSA) is 124 Å². The fourth-order valence-electron chi connectivity index (χ4n) is 4.18. The number of ether oxygens (including phenoxy) is 4. The summed E-state index contributed by atoms with van der Waals surface area (Å²) in [6.07, 6.45) is 0. The van der Waals surface area contributed by atoms with Gasteiger partial charge in [-0.3, -0.25) is 4.90 Å². The first kappa shape index (κ1) is 22.7. The molecule has 2 heterocycles. The Kier molecular flexibility index (Phi) is 6.15. The third-order valence-electron chi connectivity index (χ3n) is 5.71. The number of carbonyl (C=O) groups is 2. The number of esters is 2. The number of nitrogens with two attached hydrogens (primary N) is 1. The van der Waals surface area contributed by atoms with Crippen LogP contribution in [0.15, 0.2) is 65.1 Å². The molecule has 1 unspecified atom stereocenters. The number of rotatable bonds is 4. The van der Waals surface area contributed by atoms with E-state index >= 15 is 0 Å². The number of fused-ring (bicyclic) bond motifs is 1. The van der Waals surface area contributed by atoms with Crippen molar-refractivity contribution < 1.29 is 28.5 Å². The second-order valence-corrected chi connectivity index (χ2v) is 7.62. The van der Waals surface area contributed by atoms with E-state index in [0.717, 1.165) is 0 Å². The lowest BCUT2D eigenvalue weighted by atomic mass is 9.80. The number of nitriles is 1. The Morgan fingerprint density at radius 1 is 1.06 bits per heavy atom. The summed E-state index contributed by atoms with van der Waals surface area (Å²) in [6.45, 7) is 2.56. The normalized spacial score (nSPS) is 17.2. The van der Waals surface area contributed by atoms with Crippen LogP contribution in [0, 0.1) is 18.3 Å². The summed E-state index contributed by atoms with van der Waals surface area (Å²) in [4.78, 5) is 27.6. The summed E-state index contributed by atoms with van der Waals surface area (Å²) in [5, 5.41) is 10.1. The van der Waals surface area contributed by atoms with E-state index in [2.05, 4.69) is 6.07 Å². The number of benzene rings is 2. The van der Waals surface area contributed by atoms with Gasteiger partial charge in [0.05, 0.1) is 43.0 Å². The number of aryl methyl sites for hydroxylation is 1. The molecule has 2 aliphatic rings. The minimum Gasteiger partial charge on any atom is -0.486 e. The molecule has 0 aliphatic carbocycles. The molecule has 9 heteroatoms. The zero-order valence-corrected chi connectivity index (χ0v) is 19.0. The molecular weight excluding hydrogens is 438 g/mol. The van der Waals surface area contributed by atoms with Crippen LogP contribution in [-0.2, 0) is 19.1 Å². The van der Waals surface area contributed by atoms with Gasteiger partial charge in [-0.05, 0) is 24.1 Å². The Balaban J connectivity index is 2.05. The van der Waals surface area contributed by atoms with E-state index in [0.29, 0.717) is 41.5 Å². The Bertz CT molecular complexity index is 1260. The van der Waals surface area contributed by atoms with Crippen molar-refractivity contribution in [2.75, 3.05) is 32.3 Å². The molecule has 9 nitrogen and oxygen atoms in total. The fourth-order valence-corrected chi connectivity index (χ4v) is 4.18. The van der Waals surface area contributed by atoms with Crippen molar-refractivity contribution in [2.45, 2.75) is 12.8 Å². The van der Waals surface area contributed by atoms with Gasteiger partial charge in [0.25, 0.3) is 0 Å². The summed E-state index contributed by atoms with van der Waals surface area (Å²) in [6, 6.07) is 14.4. The molecule has 0 fully saturated rings. The SMILES string of the molecule is COC(=O)C1=C(C(=O)OC)N(c2cc3c(cc2C)OCCO3)C(N)=C(C#N)C1c1ccccc1. The van der Waals surface area contributed by atoms with Gasteiger partial charge in [-0.25, -0.2) is 9.59 Å². The van der Waals surface area contributed by atoms with Crippen molar-refractivity contribution in [3.8, 4) is 17.6 Å². The first-order valence-electron chi connectivity index (χ1n) is 10.5. The quantitative estimate of drug-likeness (QED) is 0.684. The maximum Gasteiger partial charge on any atom is 0.355 e. The third kappa shape index (κ3) is 3.69. The predicted molar refractivity (Wildman–Crippen MR) is 122 cm³/mol. The predicted octanol–water partition coefficient (Wildman–Crippen LogP) is 2.66. The minimum absolute atomic E-state index is 0.0100. The van der Waals surface area contributed by atoms with Gasteiger partial charge in [-0.2, -0.15) is 5.26 Å². The monoisotopic (exact) mass is 461 g/mol. The van der Waals surface area contributed by atoms with Crippen molar-refractivity contribution >= 4 is 17.6 Å². The summed E-state index contributed by atoms with van der Waals surface area (Å²) in [7, 11) is 2.41. The van der Waals surface area contributed by atoms with E-state index in [9.17, 15) is 14.9 Å². The lowest BCUT2D eigenvalue weighted by molar-refractivity contribution is -0.139. The summed E-state index contributed by atoms with van der Waals surface area (Å²) < 4.78 is 21.5. The molecule has 0 amide bonds. The molecule has 34 heavy (non-hydrogen) atoms. The van der Waals surface area contributed by atoms with Crippen LogP contribution in [0.5, 0.6) is 11.5 Å². The molecule has 0 radical (unpaired) electrons. The van der Waals surface area contributed by atoms with Gasteiger partial charge in [0.15, 0.2) is 11.5 Å². The molecule has 1 atom stereocenters. The van der Waals surface area contributed by atoms with Crippen LogP contribution in [0.3, 0.4) is 0 Å². The Hall–Kier alpha value is -4.45. The molecule has 4 rings (SSSR count). The van der Waals surface area contributed by atoms with Gasteiger partial charge < -0.3 is 24.7 Å². The molecule has 0 saturated heterocycles. The number of hydrogen-bond donors (Lipinski definition) is 1. The van der Waals surface area contributed by atoms with Crippen LogP contribution >= 0.6 is 0 Å². The highest BCUT2D eigenvalue weighted by Crippen LogP contribution is 2.46. The van der Waals surface area contributed by atoms with Gasteiger partial charge in [0.2, 0.25) is 0 Å². The van der Waals surface area contributed by atoms with Crippen molar-refractivity contribution in [1.29, 1.82) is 5.26 Å². The molecule has 2 aliphatic heterocycles. The van der Waals surface area contributed by atoms with Gasteiger partial charge in [-0.1, -0.05) is 30.3 Å². The van der Waals surface area contributed by atoms with E-state index in [1.54, 1.807) is 49.4 Å². The second-order valence-electron chi connectivity index (χ2n) is 7.62. The highest BCUT2D eigenvalue weighted by Gasteiger charge is 2.43. The zero-order chi connectivity index (χ0) is 24.4. The Morgan fingerprint density at radius 2 is 1.68 bits per heavy atom. The lowest BCUT2D eigenvalue weighted by Gasteiger charge is -2.37. The molecule has 0 saturated carbocycles. The number of nitrogens with zero attached hydrogens (tertiary/aromatic N) is 2. The van der Waals surface area contributed by atoms with Crippen molar-refractivity contribution in [3.05, 3.63) is 76.3 Å². The number of methoxy groups -OCH3 is 2. The van der Waals surface area contributed by atoms with E-state index in [4.69, 9.17) is 24.7 Å². The van der Waals surface area contributed by atoms with Crippen molar-refractivity contribution in [3.63, 3.8) is 0 Å². The second kappa shape index (κ2) is 9.19. The van der Waals surface area contributed by atoms with Crippen LogP contribution in [0.2, 0.25) is 0 Å². The van der Waals surface area contributed by atoms with Crippen LogP contribution in [0.25, 0.3) is 0 Å². The Labute approximate surface area is 196 Å². The summed E-state index contributed by atoms with van der Waals surface area (Å²) >= 11 is 0. The average Bonchev–Trinajstić information content (AvgIpc) is 2.87. The van der Waals surface area contributed by atoms with Crippen LogP contribution in [0.4, 0.5) is 5.69 Å². The van der Waals surface area contributed by atoms with E-state index in [1.165, 1.54) is 19.1 Å². The minimum atomic E-state index is -0.929.